The third kappa shape index (κ3) is 10.4. The molecule has 0 aliphatic heterocycles. The molecular weight excluding hydrogens is 456 g/mol. The van der Waals surface area contributed by atoms with Crippen molar-refractivity contribution in [2.75, 3.05) is 6.54 Å². The molecule has 0 heterocycles. The fourth-order valence-electron chi connectivity index (χ4n) is 2.70. The SMILES string of the molecule is NC(CC(=O)O)C(=O)NCC(=O)NC(Cc1ccc(O)cc1)C(=O)NC(CCC(=O)O)C(=O)O. The van der Waals surface area contributed by atoms with Crippen molar-refractivity contribution in [2.24, 2.45) is 5.73 Å². The molecule has 9 N–H and O–H groups in total. The molecular formula is C20H26N4O10. The molecule has 3 atom stereocenters. The van der Waals surface area contributed by atoms with Gasteiger partial charge in [0.25, 0.3) is 0 Å². The molecule has 0 fully saturated rings. The molecule has 3 unspecified atom stereocenters. The van der Waals surface area contributed by atoms with Gasteiger partial charge in [-0.3, -0.25) is 24.0 Å². The number of aliphatic carboxylic acids is 3. The number of hydrogen-bond acceptors (Lipinski definition) is 8. The van der Waals surface area contributed by atoms with Gasteiger partial charge in [0.15, 0.2) is 0 Å². The summed E-state index contributed by atoms with van der Waals surface area (Å²) in [5.74, 6) is -6.77. The Morgan fingerprint density at radius 3 is 2.00 bits per heavy atom. The number of benzene rings is 1. The highest BCUT2D eigenvalue weighted by Gasteiger charge is 2.27. The Kier molecular flexibility index (Phi) is 10.9. The maximum Gasteiger partial charge on any atom is 0.326 e. The van der Waals surface area contributed by atoms with Crippen LogP contribution in [0, 0.1) is 0 Å². The zero-order valence-corrected chi connectivity index (χ0v) is 17.9. The van der Waals surface area contributed by atoms with Crippen molar-refractivity contribution < 1.29 is 49.2 Å². The Balaban J connectivity index is 2.89. The van der Waals surface area contributed by atoms with Gasteiger partial charge < -0.3 is 42.1 Å². The number of nitrogens with one attached hydrogen (secondary N) is 3. The molecule has 1 aromatic carbocycles. The highest BCUT2D eigenvalue weighted by atomic mass is 16.4. The van der Waals surface area contributed by atoms with Crippen molar-refractivity contribution in [1.82, 2.24) is 16.0 Å². The average molecular weight is 482 g/mol. The number of carboxylic acids is 3. The van der Waals surface area contributed by atoms with E-state index in [1.165, 1.54) is 24.3 Å². The first-order valence-electron chi connectivity index (χ1n) is 9.96. The van der Waals surface area contributed by atoms with Gasteiger partial charge in [0.05, 0.1) is 19.0 Å². The van der Waals surface area contributed by atoms with Gasteiger partial charge in [-0.1, -0.05) is 12.1 Å². The second-order valence-corrected chi connectivity index (χ2v) is 7.24. The first-order chi connectivity index (χ1) is 15.9. The van der Waals surface area contributed by atoms with Crippen LogP contribution >= 0.6 is 0 Å². The van der Waals surface area contributed by atoms with Crippen molar-refractivity contribution in [1.29, 1.82) is 0 Å². The van der Waals surface area contributed by atoms with Crippen LogP contribution in [-0.4, -0.2) is 80.7 Å². The second-order valence-electron chi connectivity index (χ2n) is 7.24. The van der Waals surface area contributed by atoms with Gasteiger partial charge >= 0.3 is 17.9 Å². The summed E-state index contributed by atoms with van der Waals surface area (Å²) in [5, 5.41) is 42.7. The number of carbonyl (C=O) groups is 6. The number of rotatable bonds is 14. The van der Waals surface area contributed by atoms with E-state index >= 15 is 0 Å². The lowest BCUT2D eigenvalue weighted by Crippen LogP contribution is -2.54. The van der Waals surface area contributed by atoms with Crippen molar-refractivity contribution in [3.8, 4) is 5.75 Å². The first-order valence-corrected chi connectivity index (χ1v) is 9.96. The number of amides is 3. The maximum atomic E-state index is 12.7. The minimum absolute atomic E-state index is 0.0474. The van der Waals surface area contributed by atoms with Gasteiger partial charge in [-0.05, 0) is 24.1 Å². The van der Waals surface area contributed by atoms with E-state index in [1.54, 1.807) is 0 Å². The molecule has 14 nitrogen and oxygen atoms in total. The Morgan fingerprint density at radius 2 is 1.47 bits per heavy atom. The average Bonchev–Trinajstić information content (AvgIpc) is 2.74. The van der Waals surface area contributed by atoms with Gasteiger partial charge in [0.1, 0.15) is 17.8 Å². The zero-order valence-electron chi connectivity index (χ0n) is 17.9. The summed E-state index contributed by atoms with van der Waals surface area (Å²) < 4.78 is 0. The van der Waals surface area contributed by atoms with Crippen LogP contribution in [0.15, 0.2) is 24.3 Å². The van der Waals surface area contributed by atoms with Crippen LogP contribution in [0.25, 0.3) is 0 Å². The largest absolute Gasteiger partial charge is 0.508 e. The van der Waals surface area contributed by atoms with Crippen molar-refractivity contribution >= 4 is 35.6 Å². The first kappa shape index (κ1) is 27.8. The van der Waals surface area contributed by atoms with Crippen LogP contribution in [0.1, 0.15) is 24.8 Å². The van der Waals surface area contributed by atoms with E-state index in [-0.39, 0.29) is 12.2 Å². The van der Waals surface area contributed by atoms with Crippen LogP contribution in [0.2, 0.25) is 0 Å². The smallest absolute Gasteiger partial charge is 0.326 e. The molecule has 0 radical (unpaired) electrons. The number of carbonyl (C=O) groups excluding carboxylic acids is 3. The minimum atomic E-state index is -1.53. The molecule has 0 saturated carbocycles. The van der Waals surface area contributed by atoms with E-state index in [0.29, 0.717) is 5.56 Å². The summed E-state index contributed by atoms with van der Waals surface area (Å²) in [6.45, 7) is -0.646. The topological polar surface area (TPSA) is 245 Å². The molecule has 34 heavy (non-hydrogen) atoms. The quantitative estimate of drug-likeness (QED) is 0.141. The van der Waals surface area contributed by atoms with E-state index < -0.39 is 79.6 Å². The predicted molar refractivity (Wildman–Crippen MR) is 113 cm³/mol. The fourth-order valence-corrected chi connectivity index (χ4v) is 2.70. The van der Waals surface area contributed by atoms with E-state index in [4.69, 9.17) is 15.9 Å². The lowest BCUT2D eigenvalue weighted by molar-refractivity contribution is -0.143. The van der Waals surface area contributed by atoms with Crippen LogP contribution < -0.4 is 21.7 Å². The molecule has 0 bridgehead atoms. The Labute approximate surface area is 193 Å². The van der Waals surface area contributed by atoms with Crippen molar-refractivity contribution in [2.45, 2.75) is 43.8 Å². The molecule has 0 saturated heterocycles. The summed E-state index contributed by atoms with van der Waals surface area (Å²) in [4.78, 5) is 69.5. The standard InChI is InChI=1S/C20H26N4O10/c21-12(8-17(29)30)18(31)22-9-15(26)23-14(7-10-1-3-11(25)4-2-10)19(32)24-13(20(33)34)5-6-16(27)28/h1-4,12-14,25H,5-9,21H2,(H,22,31)(H,23,26)(H,24,32)(H,27,28)(H,29,30)(H,33,34). The lowest BCUT2D eigenvalue weighted by Gasteiger charge is -2.22. The normalized spacial score (nSPS) is 13.1. The number of nitrogens with two attached hydrogens (primary N) is 1. The Bertz CT molecular complexity index is 918. The number of phenols is 1. The molecule has 3 amide bonds. The molecule has 1 aromatic rings. The van der Waals surface area contributed by atoms with Gasteiger partial charge in [-0.15, -0.1) is 0 Å². The molecule has 0 aliphatic carbocycles. The highest BCUT2D eigenvalue weighted by Crippen LogP contribution is 2.12. The summed E-state index contributed by atoms with van der Waals surface area (Å²) in [6.07, 6.45) is -1.70. The Hall–Kier alpha value is -4.20. The van der Waals surface area contributed by atoms with E-state index in [1.807, 2.05) is 0 Å². The van der Waals surface area contributed by atoms with Crippen molar-refractivity contribution in [3.63, 3.8) is 0 Å². The highest BCUT2D eigenvalue weighted by molar-refractivity contribution is 5.93. The van der Waals surface area contributed by atoms with Crippen LogP contribution in [0.3, 0.4) is 0 Å². The van der Waals surface area contributed by atoms with Crippen LogP contribution in [0.4, 0.5) is 0 Å². The predicted octanol–water partition coefficient (Wildman–Crippen LogP) is -2.23. The fraction of sp³-hybridized carbons (Fsp3) is 0.400. The summed E-state index contributed by atoms with van der Waals surface area (Å²) in [7, 11) is 0. The van der Waals surface area contributed by atoms with Gasteiger partial charge in [0.2, 0.25) is 17.7 Å². The van der Waals surface area contributed by atoms with Gasteiger partial charge in [-0.25, -0.2) is 4.79 Å². The molecule has 0 aromatic heterocycles. The van der Waals surface area contributed by atoms with Gasteiger partial charge in [-0.2, -0.15) is 0 Å². The molecule has 0 spiro atoms. The molecule has 0 aliphatic rings. The second kappa shape index (κ2) is 13.4. The number of hydrogen-bond donors (Lipinski definition) is 8. The van der Waals surface area contributed by atoms with Crippen LogP contribution in [-0.2, 0) is 35.2 Å². The maximum absolute atomic E-state index is 12.7. The van der Waals surface area contributed by atoms with E-state index in [9.17, 15) is 39.0 Å². The van der Waals surface area contributed by atoms with E-state index in [0.717, 1.165) is 0 Å². The number of carboxylic acid groups (broad SMARTS) is 3. The summed E-state index contributed by atoms with van der Waals surface area (Å²) in [5.41, 5.74) is 5.88. The summed E-state index contributed by atoms with van der Waals surface area (Å²) >= 11 is 0. The molecule has 186 valence electrons. The monoisotopic (exact) mass is 482 g/mol. The molecule has 1 rings (SSSR count). The zero-order chi connectivity index (χ0) is 25.8. The third-order valence-electron chi connectivity index (χ3n) is 4.44. The summed E-state index contributed by atoms with van der Waals surface area (Å²) in [6, 6.07) is 1.35. The lowest BCUT2D eigenvalue weighted by atomic mass is 10.0. The Morgan fingerprint density at radius 1 is 0.853 bits per heavy atom. The number of phenolic OH excluding ortho intramolecular Hbond substituents is 1. The number of aromatic hydroxyl groups is 1. The van der Waals surface area contributed by atoms with Gasteiger partial charge in [0, 0.05) is 12.8 Å². The van der Waals surface area contributed by atoms with Crippen molar-refractivity contribution in [3.05, 3.63) is 29.8 Å². The van der Waals surface area contributed by atoms with E-state index in [2.05, 4.69) is 16.0 Å². The van der Waals surface area contributed by atoms with Crippen LogP contribution in [0.5, 0.6) is 5.75 Å². The third-order valence-corrected chi connectivity index (χ3v) is 4.44. The molecule has 14 heteroatoms. The minimum Gasteiger partial charge on any atom is -0.508 e.